The largest absolute Gasteiger partial charge is 0.339 e. The number of rotatable bonds is 5. The van der Waals surface area contributed by atoms with E-state index in [4.69, 9.17) is 16.1 Å². The zero-order valence-corrected chi connectivity index (χ0v) is 18.0. The predicted octanol–water partition coefficient (Wildman–Crippen LogP) is 3.31. The van der Waals surface area contributed by atoms with Gasteiger partial charge in [0.1, 0.15) is 4.75 Å². The molecule has 1 aromatic carbocycles. The van der Waals surface area contributed by atoms with Crippen molar-refractivity contribution in [2.24, 2.45) is 5.92 Å². The molecular formula is C20H24ClN3O4S. The van der Waals surface area contributed by atoms with Gasteiger partial charge < -0.3 is 9.42 Å². The van der Waals surface area contributed by atoms with E-state index >= 15 is 0 Å². The van der Waals surface area contributed by atoms with Gasteiger partial charge in [0.05, 0.1) is 11.7 Å². The molecule has 0 bridgehead atoms. The maximum Gasteiger partial charge on any atom is 0.231 e. The summed E-state index contributed by atoms with van der Waals surface area (Å²) in [4.78, 5) is 18.8. The van der Waals surface area contributed by atoms with Crippen molar-refractivity contribution in [1.29, 1.82) is 0 Å². The van der Waals surface area contributed by atoms with E-state index < -0.39 is 20.5 Å². The number of halogens is 1. The molecule has 9 heteroatoms. The van der Waals surface area contributed by atoms with Crippen LogP contribution in [-0.2, 0) is 14.6 Å². The highest BCUT2D eigenvalue weighted by Gasteiger charge is 2.64. The number of benzene rings is 1. The van der Waals surface area contributed by atoms with E-state index in [9.17, 15) is 13.2 Å². The van der Waals surface area contributed by atoms with Crippen LogP contribution in [0.4, 0.5) is 0 Å². The first-order valence-electron chi connectivity index (χ1n) is 9.92. The van der Waals surface area contributed by atoms with Crippen molar-refractivity contribution in [3.05, 3.63) is 35.2 Å². The number of carbonyl (C=O) groups excluding carboxylic acids is 1. The van der Waals surface area contributed by atoms with E-state index in [1.165, 1.54) is 0 Å². The van der Waals surface area contributed by atoms with Crippen molar-refractivity contribution in [1.82, 2.24) is 15.0 Å². The quantitative estimate of drug-likeness (QED) is 0.712. The number of nitrogens with zero attached hydrogens (tertiary/aromatic N) is 3. The van der Waals surface area contributed by atoms with Gasteiger partial charge in [-0.05, 0) is 43.5 Å². The molecule has 0 N–H and O–H groups in total. The van der Waals surface area contributed by atoms with Crippen molar-refractivity contribution < 1.29 is 17.7 Å². The Morgan fingerprint density at radius 3 is 2.55 bits per heavy atom. The summed E-state index contributed by atoms with van der Waals surface area (Å²) in [5, 5.41) is 4.64. The van der Waals surface area contributed by atoms with Crippen LogP contribution in [-0.4, -0.2) is 53.0 Å². The number of hydrogen-bond donors (Lipinski definition) is 0. The Kier molecular flexibility index (Phi) is 5.19. The van der Waals surface area contributed by atoms with Crippen LogP contribution < -0.4 is 0 Å². The fraction of sp³-hybridized carbons (Fsp3) is 0.550. The summed E-state index contributed by atoms with van der Waals surface area (Å²) in [7, 11) is -3.35. The fourth-order valence-electron chi connectivity index (χ4n) is 4.47. The molecule has 1 atom stereocenters. The molecule has 0 aliphatic carbocycles. The second kappa shape index (κ2) is 7.40. The summed E-state index contributed by atoms with van der Waals surface area (Å²) in [6.45, 7) is 4.36. The van der Waals surface area contributed by atoms with Gasteiger partial charge in [0.25, 0.3) is 0 Å². The molecule has 4 rings (SSSR count). The molecule has 1 spiro atoms. The van der Waals surface area contributed by atoms with Crippen LogP contribution in [0.3, 0.4) is 0 Å². The Balaban J connectivity index is 1.59. The molecule has 0 radical (unpaired) electrons. The monoisotopic (exact) mass is 437 g/mol. The molecule has 29 heavy (non-hydrogen) atoms. The molecule has 2 saturated heterocycles. The minimum atomic E-state index is -3.35. The third-order valence-corrected chi connectivity index (χ3v) is 9.14. The highest BCUT2D eigenvalue weighted by atomic mass is 35.5. The average molecular weight is 438 g/mol. The number of amides is 1. The first-order valence-corrected chi connectivity index (χ1v) is 11.9. The van der Waals surface area contributed by atoms with E-state index in [0.29, 0.717) is 23.2 Å². The van der Waals surface area contributed by atoms with E-state index in [-0.39, 0.29) is 30.7 Å². The van der Waals surface area contributed by atoms with Crippen LogP contribution in [0.25, 0.3) is 11.4 Å². The summed E-state index contributed by atoms with van der Waals surface area (Å²) < 4.78 is 30.3. The zero-order valence-electron chi connectivity index (χ0n) is 16.5. The first kappa shape index (κ1) is 20.3. The van der Waals surface area contributed by atoms with E-state index in [0.717, 1.165) is 18.4 Å². The highest BCUT2D eigenvalue weighted by Crippen LogP contribution is 2.50. The van der Waals surface area contributed by atoms with Gasteiger partial charge in [-0.3, -0.25) is 4.79 Å². The van der Waals surface area contributed by atoms with E-state index in [2.05, 4.69) is 10.1 Å². The maximum absolute atomic E-state index is 12.9. The fourth-order valence-corrected chi connectivity index (χ4v) is 6.90. The van der Waals surface area contributed by atoms with Crippen LogP contribution in [0, 0.1) is 5.92 Å². The molecule has 2 aliphatic rings. The van der Waals surface area contributed by atoms with Gasteiger partial charge in [-0.2, -0.15) is 4.98 Å². The summed E-state index contributed by atoms with van der Waals surface area (Å²) in [5.74, 6) is 0.380. The summed E-state index contributed by atoms with van der Waals surface area (Å²) >= 11 is 5.92. The summed E-state index contributed by atoms with van der Waals surface area (Å²) in [6, 6.07) is 7.05. The van der Waals surface area contributed by atoms with Gasteiger partial charge in [0, 0.05) is 29.6 Å². The van der Waals surface area contributed by atoms with Crippen molar-refractivity contribution in [3.8, 4) is 11.4 Å². The summed E-state index contributed by atoms with van der Waals surface area (Å²) in [6.07, 6.45) is 1.93. The number of hydrogen-bond acceptors (Lipinski definition) is 6. The molecule has 2 aromatic rings. The lowest BCUT2D eigenvalue weighted by Gasteiger charge is -2.49. The molecule has 2 fully saturated rings. The molecule has 1 unspecified atom stereocenters. The Bertz CT molecular complexity index is 1010. The number of aromatic nitrogens is 2. The first-order chi connectivity index (χ1) is 13.8. The van der Waals surface area contributed by atoms with Gasteiger partial charge in [0.15, 0.2) is 9.84 Å². The number of carbonyl (C=O) groups is 1. The lowest BCUT2D eigenvalue weighted by atomic mass is 9.82. The van der Waals surface area contributed by atoms with Gasteiger partial charge in [-0.1, -0.05) is 30.6 Å². The van der Waals surface area contributed by atoms with Crippen molar-refractivity contribution in [3.63, 3.8) is 0 Å². The molecule has 0 saturated carbocycles. The smallest absolute Gasteiger partial charge is 0.231 e. The van der Waals surface area contributed by atoms with Gasteiger partial charge in [0.2, 0.25) is 17.6 Å². The number of likely N-dealkylation sites (tertiary alicyclic amines) is 1. The molecule has 3 heterocycles. The molecule has 1 aromatic heterocycles. The highest BCUT2D eigenvalue weighted by molar-refractivity contribution is 7.93. The van der Waals surface area contributed by atoms with Crippen LogP contribution in [0.15, 0.2) is 28.8 Å². The standard InChI is InChI=1S/C20H24ClN3O4S/c1-3-13(4-2)19(25)24-11-20(12-24)16(9-10-29(20,26)27)18-22-17(23-28-18)14-5-7-15(21)8-6-14/h5-8,13,16H,3-4,9-12H2,1-2H3. The van der Waals surface area contributed by atoms with Crippen molar-refractivity contribution in [2.75, 3.05) is 18.8 Å². The topological polar surface area (TPSA) is 93.4 Å². The van der Waals surface area contributed by atoms with Crippen molar-refractivity contribution in [2.45, 2.75) is 43.8 Å². The zero-order chi connectivity index (χ0) is 20.8. The Morgan fingerprint density at radius 2 is 1.93 bits per heavy atom. The molecule has 156 valence electrons. The maximum atomic E-state index is 12.9. The average Bonchev–Trinajstić information content (AvgIpc) is 3.24. The second-order valence-corrected chi connectivity index (χ2v) is 10.8. The normalized spacial score (nSPS) is 22.2. The molecule has 7 nitrogen and oxygen atoms in total. The third-order valence-electron chi connectivity index (χ3n) is 6.34. The van der Waals surface area contributed by atoms with Crippen LogP contribution in [0.1, 0.15) is 44.9 Å². The van der Waals surface area contributed by atoms with E-state index in [1.54, 1.807) is 29.2 Å². The third kappa shape index (κ3) is 3.26. The van der Waals surface area contributed by atoms with Crippen LogP contribution in [0.5, 0.6) is 0 Å². The number of sulfone groups is 1. The minimum Gasteiger partial charge on any atom is -0.339 e. The Morgan fingerprint density at radius 1 is 1.28 bits per heavy atom. The molecule has 2 aliphatic heterocycles. The predicted molar refractivity (Wildman–Crippen MR) is 109 cm³/mol. The molecular weight excluding hydrogens is 414 g/mol. The lowest BCUT2D eigenvalue weighted by molar-refractivity contribution is -0.141. The Labute approximate surface area is 175 Å². The summed E-state index contributed by atoms with van der Waals surface area (Å²) in [5.41, 5.74) is 0.749. The van der Waals surface area contributed by atoms with Crippen LogP contribution in [0.2, 0.25) is 5.02 Å². The minimum absolute atomic E-state index is 0.0360. The van der Waals surface area contributed by atoms with Gasteiger partial charge >= 0.3 is 0 Å². The van der Waals surface area contributed by atoms with Gasteiger partial charge in [-0.15, -0.1) is 0 Å². The van der Waals surface area contributed by atoms with E-state index in [1.807, 2.05) is 13.8 Å². The SMILES string of the molecule is CCC(CC)C(=O)N1CC2(C1)C(c1nc(-c3ccc(Cl)cc3)no1)CCS2(=O)=O. The second-order valence-electron chi connectivity index (χ2n) is 7.90. The lowest BCUT2D eigenvalue weighted by Crippen LogP contribution is -2.68. The molecule has 1 amide bonds. The Hall–Kier alpha value is -1.93. The van der Waals surface area contributed by atoms with Crippen LogP contribution >= 0.6 is 11.6 Å². The van der Waals surface area contributed by atoms with Crippen molar-refractivity contribution >= 4 is 27.3 Å². The van der Waals surface area contributed by atoms with Gasteiger partial charge in [-0.25, -0.2) is 8.42 Å².